The van der Waals surface area contributed by atoms with Crippen LogP contribution in [0.1, 0.15) is 30.9 Å². The van der Waals surface area contributed by atoms with Crippen molar-refractivity contribution in [1.29, 1.82) is 0 Å². The Morgan fingerprint density at radius 3 is 2.36 bits per heavy atom. The Balaban J connectivity index is 1.53. The van der Waals surface area contributed by atoms with E-state index in [0.29, 0.717) is 12.7 Å². The number of halogens is 3. The summed E-state index contributed by atoms with van der Waals surface area (Å²) < 4.78 is 49.7. The monoisotopic (exact) mass is 390 g/mol. The van der Waals surface area contributed by atoms with Gasteiger partial charge in [0, 0.05) is 12.0 Å². The third-order valence-electron chi connectivity index (χ3n) is 5.21. The van der Waals surface area contributed by atoms with E-state index in [-0.39, 0.29) is 0 Å². The van der Waals surface area contributed by atoms with E-state index in [4.69, 9.17) is 8.85 Å². The highest BCUT2D eigenvalue weighted by molar-refractivity contribution is 7.01. The van der Waals surface area contributed by atoms with Crippen molar-refractivity contribution >= 4 is 16.9 Å². The molecule has 8 heteroatoms. The summed E-state index contributed by atoms with van der Waals surface area (Å²) in [5.74, 6) is 0. The first kappa shape index (κ1) is 19.1. The van der Waals surface area contributed by atoms with E-state index in [1.807, 2.05) is 25.2 Å². The second kappa shape index (κ2) is 6.19. The molecule has 0 bridgehead atoms. The highest BCUT2D eigenvalue weighted by Gasteiger charge is 2.96. The molecule has 1 N–H and O–H groups in total. The van der Waals surface area contributed by atoms with Crippen LogP contribution in [-0.2, 0) is 21.9 Å². The van der Waals surface area contributed by atoms with Crippen molar-refractivity contribution in [1.82, 2.24) is 0 Å². The Hall–Kier alpha value is -0.676. The lowest BCUT2D eigenvalue weighted by molar-refractivity contribution is -0.137. The van der Waals surface area contributed by atoms with Crippen molar-refractivity contribution in [2.75, 3.05) is 0 Å². The molecular formula is C17H25F3O3Si2. The van der Waals surface area contributed by atoms with Crippen LogP contribution in [0.25, 0.3) is 0 Å². The second-order valence-electron chi connectivity index (χ2n) is 7.72. The number of benzene rings is 1. The molecule has 0 aliphatic carbocycles. The maximum atomic E-state index is 12.6. The van der Waals surface area contributed by atoms with Gasteiger partial charge in [-0.15, -0.1) is 0 Å². The summed E-state index contributed by atoms with van der Waals surface area (Å²) in [5, 5.41) is -0.886. The molecule has 1 aromatic carbocycles. The molecule has 0 aromatic heterocycles. The quantitative estimate of drug-likeness (QED) is 0.667. The Morgan fingerprint density at radius 2 is 1.84 bits per heavy atom. The smallest absolute Gasteiger partial charge is 0.389 e. The van der Waals surface area contributed by atoms with E-state index < -0.39 is 40.2 Å². The van der Waals surface area contributed by atoms with Crippen molar-refractivity contribution in [3.8, 4) is 0 Å². The molecule has 0 radical (unpaired) electrons. The van der Waals surface area contributed by atoms with Gasteiger partial charge in [-0.3, -0.25) is 0 Å². The first-order valence-electron chi connectivity index (χ1n) is 8.72. The number of fused-ring (bicyclic) bond motifs is 1. The minimum absolute atomic E-state index is 0.381. The van der Waals surface area contributed by atoms with Crippen LogP contribution in [0.4, 0.5) is 13.2 Å². The van der Waals surface area contributed by atoms with Crippen molar-refractivity contribution in [2.24, 2.45) is 0 Å². The molecule has 2 heterocycles. The fraction of sp³-hybridized carbons (Fsp3) is 0.647. The maximum Gasteiger partial charge on any atom is 0.389 e. The molecule has 3 nitrogen and oxygen atoms in total. The fourth-order valence-corrected chi connectivity index (χ4v) is 11.1. The summed E-state index contributed by atoms with van der Waals surface area (Å²) in [6.07, 6.45) is -3.04. The van der Waals surface area contributed by atoms with E-state index in [1.54, 1.807) is 0 Å². The predicted molar refractivity (Wildman–Crippen MR) is 93.7 cm³/mol. The van der Waals surface area contributed by atoms with Crippen LogP contribution in [0.2, 0.25) is 24.7 Å². The molecule has 3 atom stereocenters. The normalized spacial score (nSPS) is 30.9. The third-order valence-corrected chi connectivity index (χ3v) is 11.3. The van der Waals surface area contributed by atoms with Crippen molar-refractivity contribution < 1.29 is 26.8 Å². The SMILES string of the molecule is CCCc1ccc(CO[Si](C)(C)O[C@@]23C[Si]2(O)C3CC(F)(F)F)cc1. The van der Waals surface area contributed by atoms with Gasteiger partial charge in [0.05, 0.1) is 11.8 Å². The third kappa shape index (κ3) is 3.87. The van der Waals surface area contributed by atoms with Crippen LogP contribution in [0.5, 0.6) is 0 Å². The summed E-state index contributed by atoms with van der Waals surface area (Å²) in [6.45, 7) is 6.19. The van der Waals surface area contributed by atoms with Gasteiger partial charge >= 0.3 is 14.7 Å². The Kier molecular flexibility index (Phi) is 4.73. The van der Waals surface area contributed by atoms with Gasteiger partial charge in [0.1, 0.15) is 0 Å². The molecule has 0 saturated carbocycles. The van der Waals surface area contributed by atoms with Crippen LogP contribution in [0.15, 0.2) is 24.3 Å². The number of alkyl halides is 3. The number of rotatable bonds is 8. The molecule has 1 aromatic rings. The molecule has 2 saturated heterocycles. The standard InChI is InChI=1S/C17H25F3O3Si2/c1-4-5-13-6-8-14(9-7-13)11-22-24(2,3)23-16-12-25(16,21)15(16)10-17(18,19)20/h6-9,15,21H,4-5,10-12H2,1-3H3/t15?,16-,25?/m0/s1. The largest absolute Gasteiger partial charge is 0.428 e. The summed E-state index contributed by atoms with van der Waals surface area (Å²) in [5.41, 5.74) is 1.59. The second-order valence-corrected chi connectivity index (χ2v) is 14.8. The van der Waals surface area contributed by atoms with Gasteiger partial charge in [0.25, 0.3) is 0 Å². The molecule has 140 valence electrons. The maximum absolute atomic E-state index is 12.6. The van der Waals surface area contributed by atoms with Gasteiger partial charge in [-0.1, -0.05) is 37.6 Å². The highest BCUT2D eigenvalue weighted by Crippen LogP contribution is 2.81. The molecule has 2 aliphatic rings. The molecule has 2 fully saturated rings. The first-order chi connectivity index (χ1) is 11.5. The topological polar surface area (TPSA) is 38.7 Å². The molecule has 0 amide bonds. The van der Waals surface area contributed by atoms with Crippen molar-refractivity contribution in [3.63, 3.8) is 0 Å². The highest BCUT2D eigenvalue weighted by atomic mass is 28.4. The van der Waals surface area contributed by atoms with Gasteiger partial charge in [-0.2, -0.15) is 13.2 Å². The Morgan fingerprint density at radius 1 is 1.24 bits per heavy atom. The molecule has 2 aliphatic heterocycles. The minimum atomic E-state index is -4.25. The van der Waals surface area contributed by atoms with Crippen LogP contribution in [-0.4, -0.2) is 33.1 Å². The summed E-state index contributed by atoms with van der Waals surface area (Å²) in [4.78, 5) is 10.3. The van der Waals surface area contributed by atoms with Gasteiger partial charge in [0.15, 0.2) is 0 Å². The lowest BCUT2D eigenvalue weighted by Gasteiger charge is -2.26. The zero-order valence-electron chi connectivity index (χ0n) is 14.8. The predicted octanol–water partition coefficient (Wildman–Crippen LogP) is 4.44. The average Bonchev–Trinajstić information content (AvgIpc) is 3.25. The van der Waals surface area contributed by atoms with Gasteiger partial charge in [-0.25, -0.2) is 0 Å². The lowest BCUT2D eigenvalue weighted by atomic mass is 10.1. The zero-order valence-corrected chi connectivity index (χ0v) is 16.8. The number of aryl methyl sites for hydroxylation is 1. The van der Waals surface area contributed by atoms with E-state index in [2.05, 4.69) is 19.1 Å². The average molecular weight is 391 g/mol. The van der Waals surface area contributed by atoms with Crippen LogP contribution in [0.3, 0.4) is 0 Å². The minimum Gasteiger partial charge on any atom is -0.428 e. The molecule has 3 rings (SSSR count). The molecule has 0 spiro atoms. The fourth-order valence-electron chi connectivity index (χ4n) is 3.69. The number of hydrogen-bond donors (Lipinski definition) is 1. The first-order valence-corrected chi connectivity index (χ1v) is 13.8. The van der Waals surface area contributed by atoms with Crippen molar-refractivity contribution in [2.45, 2.75) is 68.9 Å². The van der Waals surface area contributed by atoms with E-state index in [9.17, 15) is 18.0 Å². The van der Waals surface area contributed by atoms with Crippen LogP contribution >= 0.6 is 0 Å². The number of hydrogen-bond acceptors (Lipinski definition) is 3. The summed E-state index contributed by atoms with van der Waals surface area (Å²) >= 11 is 0. The lowest BCUT2D eigenvalue weighted by Crippen LogP contribution is -2.38. The summed E-state index contributed by atoms with van der Waals surface area (Å²) in [7, 11) is -5.41. The van der Waals surface area contributed by atoms with Gasteiger partial charge in [-0.05, 0) is 36.7 Å². The Bertz CT molecular complexity index is 635. The van der Waals surface area contributed by atoms with E-state index in [1.165, 1.54) is 5.56 Å². The summed E-state index contributed by atoms with van der Waals surface area (Å²) in [6, 6.07) is 8.59. The van der Waals surface area contributed by atoms with E-state index in [0.717, 1.165) is 18.4 Å². The molecule has 2 unspecified atom stereocenters. The molecular weight excluding hydrogens is 365 g/mol. The molecule has 25 heavy (non-hydrogen) atoms. The van der Waals surface area contributed by atoms with E-state index >= 15 is 0 Å². The van der Waals surface area contributed by atoms with Crippen LogP contribution < -0.4 is 0 Å². The van der Waals surface area contributed by atoms with Crippen LogP contribution in [0, 0.1) is 0 Å². The van der Waals surface area contributed by atoms with Crippen molar-refractivity contribution in [3.05, 3.63) is 35.4 Å². The van der Waals surface area contributed by atoms with Gasteiger partial charge < -0.3 is 13.6 Å². The van der Waals surface area contributed by atoms with Gasteiger partial charge in [0.2, 0.25) is 8.32 Å². The Labute approximate surface area is 148 Å². The zero-order chi connectivity index (χ0) is 18.5.